The molecule has 0 saturated heterocycles. The van der Waals surface area contributed by atoms with Crippen LogP contribution in [0.25, 0.3) is 9.75 Å². The third-order valence-electron chi connectivity index (χ3n) is 6.86. The van der Waals surface area contributed by atoms with Crippen LogP contribution in [0.1, 0.15) is 87.0 Å². The molecule has 0 aliphatic heterocycles. The molecule has 0 atom stereocenters. The van der Waals surface area contributed by atoms with Crippen LogP contribution in [0.2, 0.25) is 13.3 Å². The maximum absolute atomic E-state index is 14.9. The topological polar surface area (TPSA) is 71.1 Å². The van der Waals surface area contributed by atoms with E-state index in [4.69, 9.17) is 18.1 Å². The van der Waals surface area contributed by atoms with Crippen molar-refractivity contribution in [2.24, 2.45) is 0 Å². The monoisotopic (exact) mass is 728 g/mol. The third kappa shape index (κ3) is 8.76. The second kappa shape index (κ2) is 17.6. The summed E-state index contributed by atoms with van der Waals surface area (Å²) in [6, 6.07) is 4.05. The Morgan fingerprint density at radius 1 is 0.692 bits per heavy atom. The summed E-state index contributed by atoms with van der Waals surface area (Å²) in [5.41, 5.74) is 0. The van der Waals surface area contributed by atoms with E-state index in [9.17, 15) is 9.13 Å². The van der Waals surface area contributed by atoms with Crippen LogP contribution in [0, 0.1) is 0 Å². The van der Waals surface area contributed by atoms with Crippen LogP contribution < -0.4 is 13.5 Å². The molecule has 0 aliphatic carbocycles. The number of hydrogen-bond acceptors (Lipinski definition) is 8. The van der Waals surface area contributed by atoms with Crippen molar-refractivity contribution < 1.29 is 27.2 Å². The molecule has 0 fully saturated rings. The quantitative estimate of drug-likeness (QED) is 0.0944. The van der Waals surface area contributed by atoms with Gasteiger partial charge in [0.25, 0.3) is 0 Å². The fourth-order valence-electron chi connectivity index (χ4n) is 5.13. The summed E-state index contributed by atoms with van der Waals surface area (Å²) < 4.78 is 58.5. The summed E-state index contributed by atoms with van der Waals surface area (Å²) in [4.78, 5) is 1.84. The first kappa shape index (κ1) is 35.7. The van der Waals surface area contributed by atoms with Gasteiger partial charge in [0, 0.05) is 0 Å². The van der Waals surface area contributed by atoms with Crippen LogP contribution >= 0.6 is 37.9 Å². The Morgan fingerprint density at radius 3 is 1.49 bits per heavy atom. The second-order valence-corrected chi connectivity index (χ2v) is 29.6. The first-order chi connectivity index (χ1) is 18.8. The van der Waals surface area contributed by atoms with Crippen molar-refractivity contribution in [2.45, 2.75) is 100 Å². The van der Waals surface area contributed by atoms with Gasteiger partial charge < -0.3 is 0 Å². The predicted octanol–water partition coefficient (Wildman–Crippen LogP) is 9.32. The standard InChI is InChI=1S/C16H23O6P2S2.3C4H9.Sn/c1-5-19-23(17,20-6-2)13-12-26-16(14-10-9-11-25-14)15(13)24(18,21-7-3)22-8-4;3*1-3-4-2;/h9-11H,5-8H2,1-4H3;3*1,3-4H2,2H3;. The zero-order chi connectivity index (χ0) is 28.9. The Hall–Kier alpha value is 0.499. The predicted molar refractivity (Wildman–Crippen MR) is 173 cm³/mol. The van der Waals surface area contributed by atoms with E-state index < -0.39 is 33.6 Å². The van der Waals surface area contributed by atoms with E-state index in [-0.39, 0.29) is 26.4 Å². The van der Waals surface area contributed by atoms with E-state index in [0.29, 0.717) is 10.6 Å². The Kier molecular flexibility index (Phi) is 16.1. The van der Waals surface area contributed by atoms with Crippen molar-refractivity contribution in [3.8, 4) is 9.75 Å². The molecule has 6 nitrogen and oxygen atoms in total. The van der Waals surface area contributed by atoms with Gasteiger partial charge in [-0.05, 0) is 0 Å². The van der Waals surface area contributed by atoms with E-state index in [1.165, 1.54) is 16.2 Å². The molecule has 0 aliphatic rings. The molecule has 0 aromatic carbocycles. The molecule has 39 heavy (non-hydrogen) atoms. The SMILES string of the molecule is CCC[CH2][Sn]([CH2]CCC)([CH2]CCC)[c]1sc(-c2cccs2)c(P(=O)(OCC)OCC)c1P(=O)(OCC)OCC. The van der Waals surface area contributed by atoms with E-state index >= 15 is 0 Å². The summed E-state index contributed by atoms with van der Waals surface area (Å²) in [7, 11) is -7.67. The van der Waals surface area contributed by atoms with Gasteiger partial charge in [0.1, 0.15) is 0 Å². The Labute approximate surface area is 249 Å². The molecule has 0 radical (unpaired) electrons. The van der Waals surface area contributed by atoms with Crippen molar-refractivity contribution in [3.63, 3.8) is 0 Å². The fraction of sp³-hybridized carbons (Fsp3) is 0.714. The van der Waals surface area contributed by atoms with Gasteiger partial charge in [0.2, 0.25) is 0 Å². The fourth-order valence-corrected chi connectivity index (χ4v) is 34.9. The van der Waals surface area contributed by atoms with Gasteiger partial charge in [-0.2, -0.15) is 0 Å². The molecule has 2 rings (SSSR count). The molecule has 2 aromatic rings. The minimum atomic E-state index is -3.84. The molecule has 0 unspecified atom stereocenters. The van der Waals surface area contributed by atoms with Crippen LogP contribution in [0.15, 0.2) is 17.5 Å². The van der Waals surface area contributed by atoms with Gasteiger partial charge in [-0.1, -0.05) is 0 Å². The van der Waals surface area contributed by atoms with Crippen LogP contribution in [0.4, 0.5) is 0 Å². The van der Waals surface area contributed by atoms with E-state index in [2.05, 4.69) is 20.8 Å². The molecule has 2 aromatic heterocycles. The van der Waals surface area contributed by atoms with Gasteiger partial charge in [-0.25, -0.2) is 0 Å². The maximum atomic E-state index is 14.9. The molecule has 0 amide bonds. The van der Waals surface area contributed by atoms with Gasteiger partial charge in [0.15, 0.2) is 0 Å². The summed E-state index contributed by atoms with van der Waals surface area (Å²) in [6.45, 7) is 15.0. The molecule has 0 bridgehead atoms. The molecule has 11 heteroatoms. The molecular weight excluding hydrogens is 677 g/mol. The third-order valence-corrected chi connectivity index (χ3v) is 32.8. The van der Waals surface area contributed by atoms with Crippen LogP contribution in [-0.4, -0.2) is 44.8 Å². The molecule has 0 spiro atoms. The molecule has 0 saturated carbocycles. The van der Waals surface area contributed by atoms with Crippen LogP contribution in [0.3, 0.4) is 0 Å². The van der Waals surface area contributed by atoms with E-state index in [0.717, 1.165) is 48.3 Å². The molecule has 224 valence electrons. The summed E-state index contributed by atoms with van der Waals surface area (Å²) in [5.74, 6) is 0. The average molecular weight is 727 g/mol. The number of thiophene rings is 2. The van der Waals surface area contributed by atoms with Gasteiger partial charge in [0.05, 0.1) is 0 Å². The van der Waals surface area contributed by atoms with Crippen molar-refractivity contribution in [1.82, 2.24) is 0 Å². The Morgan fingerprint density at radius 2 is 1.13 bits per heavy atom. The second-order valence-electron chi connectivity index (χ2n) is 9.69. The van der Waals surface area contributed by atoms with Crippen LogP contribution in [0.5, 0.6) is 0 Å². The van der Waals surface area contributed by atoms with Crippen molar-refractivity contribution in [2.75, 3.05) is 26.4 Å². The van der Waals surface area contributed by atoms with E-state index in [1.54, 1.807) is 22.7 Å². The summed E-state index contributed by atoms with van der Waals surface area (Å²) in [5, 5.41) is 2.99. The Bertz CT molecular complexity index is 1030. The summed E-state index contributed by atoms with van der Waals surface area (Å²) >= 11 is 0.0353. The van der Waals surface area contributed by atoms with Gasteiger partial charge >= 0.3 is 251 Å². The molecular formula is C28H50O6P2S2Sn. The average Bonchev–Trinajstić information content (AvgIpc) is 3.58. The van der Waals surface area contributed by atoms with Crippen molar-refractivity contribution in [1.29, 1.82) is 0 Å². The van der Waals surface area contributed by atoms with Gasteiger partial charge in [-0.15, -0.1) is 0 Å². The zero-order valence-corrected chi connectivity index (χ0v) is 31.4. The minimum absolute atomic E-state index is 0.218. The first-order valence-corrected chi connectivity index (χ1v) is 27.0. The summed E-state index contributed by atoms with van der Waals surface area (Å²) in [6.07, 6.45) is 6.79. The van der Waals surface area contributed by atoms with E-state index in [1.807, 2.05) is 45.2 Å². The molecule has 2 heterocycles. The zero-order valence-electron chi connectivity index (χ0n) is 25.1. The normalized spacial score (nSPS) is 12.9. The van der Waals surface area contributed by atoms with Crippen molar-refractivity contribution in [3.05, 3.63) is 17.5 Å². The molecule has 0 N–H and O–H groups in total. The van der Waals surface area contributed by atoms with Crippen LogP contribution in [-0.2, 0) is 27.2 Å². The first-order valence-electron chi connectivity index (χ1n) is 14.8. The van der Waals surface area contributed by atoms with Crippen molar-refractivity contribution >= 4 is 69.7 Å². The van der Waals surface area contributed by atoms with Gasteiger partial charge in [-0.3, -0.25) is 0 Å². The Balaban J connectivity index is 3.16. The number of unbranched alkanes of at least 4 members (excludes halogenated alkanes) is 3. The number of rotatable bonds is 21. The number of hydrogen-bond donors (Lipinski definition) is 0.